The van der Waals surface area contributed by atoms with E-state index in [2.05, 4.69) is 38.5 Å². The molecule has 0 unspecified atom stereocenters. The lowest BCUT2D eigenvalue weighted by atomic mass is 9.80. The van der Waals surface area contributed by atoms with Crippen molar-refractivity contribution >= 4 is 51.1 Å². The Morgan fingerprint density at radius 3 is 2.45 bits per heavy atom. The summed E-state index contributed by atoms with van der Waals surface area (Å²) in [4.78, 5) is 0. The van der Waals surface area contributed by atoms with Gasteiger partial charge in [-0.25, -0.2) is 0 Å². The average molecular weight is 327 g/mol. The van der Waals surface area contributed by atoms with Crippen LogP contribution in [0.3, 0.4) is 0 Å². The van der Waals surface area contributed by atoms with Gasteiger partial charge in [0.15, 0.2) is 0 Å². The minimum absolute atomic E-state index is 0.497. The van der Waals surface area contributed by atoms with E-state index >= 15 is 0 Å². The van der Waals surface area contributed by atoms with E-state index in [-0.39, 0.29) is 0 Å². The van der Waals surface area contributed by atoms with E-state index < -0.39 is 7.12 Å². The second-order valence-electron chi connectivity index (χ2n) is 2.02. The largest absolute Gasteiger partial charge is 0.489 e. The first-order chi connectivity index (χ1) is 5.13. The molecule has 0 aliphatic heterocycles. The van der Waals surface area contributed by atoms with E-state index in [1.54, 1.807) is 12.1 Å². The molecule has 2 nitrogen and oxygen atoms in total. The van der Waals surface area contributed by atoms with Gasteiger partial charge in [-0.3, -0.25) is 0 Å². The van der Waals surface area contributed by atoms with Crippen molar-refractivity contribution in [3.05, 3.63) is 26.2 Å². The molecule has 0 radical (unpaired) electrons. The molecule has 1 aromatic rings. The smallest absolute Gasteiger partial charge is 0.423 e. The maximum Gasteiger partial charge on any atom is 0.489 e. The summed E-state index contributed by atoms with van der Waals surface area (Å²) in [5.74, 6) is 0. The summed E-state index contributed by atoms with van der Waals surface area (Å²) in [5, 5.41) is 17.7. The van der Waals surface area contributed by atoms with Gasteiger partial charge in [0.1, 0.15) is 0 Å². The molecule has 1 rings (SSSR count). The molecule has 0 aromatic heterocycles. The summed E-state index contributed by atoms with van der Waals surface area (Å²) >= 11 is 5.37. The summed E-state index contributed by atoms with van der Waals surface area (Å²) in [6.45, 7) is 0. The molecule has 0 bridgehead atoms. The second kappa shape index (κ2) is 3.89. The average Bonchev–Trinajstić information content (AvgIpc) is 1.94. The number of hydrogen-bond donors (Lipinski definition) is 2. The Labute approximate surface area is 87.0 Å². The molecular weight excluding hydrogens is 322 g/mol. The van der Waals surface area contributed by atoms with E-state index in [4.69, 9.17) is 10.0 Å². The van der Waals surface area contributed by atoms with E-state index in [1.165, 1.54) is 0 Å². The van der Waals surface area contributed by atoms with Gasteiger partial charge in [-0.2, -0.15) is 0 Å². The van der Waals surface area contributed by atoms with E-state index in [9.17, 15) is 0 Å². The van der Waals surface area contributed by atoms with Gasteiger partial charge in [0.05, 0.1) is 0 Å². The predicted molar refractivity (Wildman–Crippen MR) is 56.7 cm³/mol. The van der Waals surface area contributed by atoms with Gasteiger partial charge in [-0.05, 0) is 34.1 Å². The summed E-state index contributed by atoms with van der Waals surface area (Å²) in [6.07, 6.45) is 0. The fourth-order valence-corrected chi connectivity index (χ4v) is 1.71. The topological polar surface area (TPSA) is 40.5 Å². The standard InChI is InChI=1S/C6H5BBrIO2/c8-6-4(7(10)11)2-1-3-5(6)9/h1-3,10-11H. The third kappa shape index (κ3) is 2.17. The van der Waals surface area contributed by atoms with Crippen molar-refractivity contribution in [2.45, 2.75) is 0 Å². The fourth-order valence-electron chi connectivity index (χ4n) is 0.720. The van der Waals surface area contributed by atoms with Gasteiger partial charge in [0.25, 0.3) is 0 Å². The zero-order chi connectivity index (χ0) is 8.43. The van der Waals surface area contributed by atoms with Crippen LogP contribution in [0.5, 0.6) is 0 Å². The SMILES string of the molecule is OB(O)c1cccc(I)c1Br. The predicted octanol–water partition coefficient (Wildman–Crippen LogP) is 0.733. The van der Waals surface area contributed by atoms with Crippen LogP contribution < -0.4 is 5.46 Å². The number of benzene rings is 1. The molecule has 0 amide bonds. The maximum atomic E-state index is 8.85. The molecule has 11 heavy (non-hydrogen) atoms. The monoisotopic (exact) mass is 326 g/mol. The van der Waals surface area contributed by atoms with Gasteiger partial charge in [0, 0.05) is 8.04 Å². The van der Waals surface area contributed by atoms with Gasteiger partial charge in [0.2, 0.25) is 0 Å². The summed E-state index contributed by atoms with van der Waals surface area (Å²) < 4.78 is 1.71. The molecule has 1 aromatic carbocycles. The Kier molecular flexibility index (Phi) is 3.36. The summed E-state index contributed by atoms with van der Waals surface area (Å²) in [7, 11) is -1.40. The normalized spacial score (nSPS) is 9.82. The highest BCUT2D eigenvalue weighted by molar-refractivity contribution is 14.1. The van der Waals surface area contributed by atoms with E-state index in [0.717, 1.165) is 8.04 Å². The summed E-state index contributed by atoms with van der Waals surface area (Å²) in [5.41, 5.74) is 0.497. The lowest BCUT2D eigenvalue weighted by Crippen LogP contribution is -2.31. The fraction of sp³-hybridized carbons (Fsp3) is 0. The van der Waals surface area contributed by atoms with Crippen molar-refractivity contribution in [1.82, 2.24) is 0 Å². The van der Waals surface area contributed by atoms with Gasteiger partial charge < -0.3 is 10.0 Å². The van der Waals surface area contributed by atoms with Crippen LogP contribution in [-0.2, 0) is 0 Å². The molecule has 0 saturated carbocycles. The van der Waals surface area contributed by atoms with Crippen LogP contribution in [-0.4, -0.2) is 17.2 Å². The highest BCUT2D eigenvalue weighted by Crippen LogP contribution is 2.15. The second-order valence-corrected chi connectivity index (χ2v) is 3.97. The third-order valence-corrected chi connectivity index (χ3v) is 3.78. The lowest BCUT2D eigenvalue weighted by molar-refractivity contribution is 0.425. The Morgan fingerprint density at radius 2 is 2.00 bits per heavy atom. The molecule has 0 aliphatic carbocycles. The molecule has 0 heterocycles. The van der Waals surface area contributed by atoms with Crippen LogP contribution in [0.4, 0.5) is 0 Å². The third-order valence-electron chi connectivity index (χ3n) is 1.26. The minimum atomic E-state index is -1.40. The first-order valence-electron chi connectivity index (χ1n) is 2.93. The minimum Gasteiger partial charge on any atom is -0.423 e. The molecule has 0 saturated heterocycles. The van der Waals surface area contributed by atoms with Gasteiger partial charge >= 0.3 is 7.12 Å². The molecule has 0 atom stereocenters. The molecule has 58 valence electrons. The van der Waals surface area contributed by atoms with Crippen LogP contribution >= 0.6 is 38.5 Å². The quantitative estimate of drug-likeness (QED) is 0.590. The van der Waals surface area contributed by atoms with Crippen molar-refractivity contribution in [2.24, 2.45) is 0 Å². The Bertz CT molecular complexity index is 267. The molecule has 5 heteroatoms. The highest BCUT2D eigenvalue weighted by Gasteiger charge is 2.15. The van der Waals surface area contributed by atoms with Crippen molar-refractivity contribution < 1.29 is 10.0 Å². The Balaban J connectivity index is 3.17. The molecule has 0 aliphatic rings. The van der Waals surface area contributed by atoms with Crippen LogP contribution in [0.15, 0.2) is 22.7 Å². The zero-order valence-electron chi connectivity index (χ0n) is 5.46. The zero-order valence-corrected chi connectivity index (χ0v) is 9.20. The lowest BCUT2D eigenvalue weighted by Gasteiger charge is -2.03. The van der Waals surface area contributed by atoms with Crippen LogP contribution in [0.2, 0.25) is 0 Å². The van der Waals surface area contributed by atoms with Crippen LogP contribution in [0.25, 0.3) is 0 Å². The number of rotatable bonds is 1. The first-order valence-corrected chi connectivity index (χ1v) is 4.80. The van der Waals surface area contributed by atoms with Crippen LogP contribution in [0.1, 0.15) is 0 Å². The van der Waals surface area contributed by atoms with Crippen LogP contribution in [0, 0.1) is 3.57 Å². The van der Waals surface area contributed by atoms with Gasteiger partial charge in [-0.1, -0.05) is 28.1 Å². The molecule has 0 fully saturated rings. The van der Waals surface area contributed by atoms with E-state index in [0.29, 0.717) is 5.46 Å². The highest BCUT2D eigenvalue weighted by atomic mass is 127. The number of halogens is 2. The van der Waals surface area contributed by atoms with E-state index in [1.807, 2.05) is 6.07 Å². The van der Waals surface area contributed by atoms with Crippen molar-refractivity contribution in [1.29, 1.82) is 0 Å². The van der Waals surface area contributed by atoms with Gasteiger partial charge in [-0.15, -0.1) is 0 Å². The molecule has 2 N–H and O–H groups in total. The molecule has 0 spiro atoms. The van der Waals surface area contributed by atoms with Crippen molar-refractivity contribution in [3.63, 3.8) is 0 Å². The van der Waals surface area contributed by atoms with Crippen molar-refractivity contribution in [2.75, 3.05) is 0 Å². The summed E-state index contributed by atoms with van der Waals surface area (Å²) in [6, 6.07) is 5.33. The van der Waals surface area contributed by atoms with Crippen molar-refractivity contribution in [3.8, 4) is 0 Å². The Morgan fingerprint density at radius 1 is 1.36 bits per heavy atom. The Hall–Kier alpha value is 0.415. The maximum absolute atomic E-state index is 8.85. The first kappa shape index (κ1) is 9.50. The number of hydrogen-bond acceptors (Lipinski definition) is 2. The molecular formula is C6H5BBrIO2.